The van der Waals surface area contributed by atoms with Gasteiger partial charge in [0.15, 0.2) is 0 Å². The van der Waals surface area contributed by atoms with Crippen LogP contribution in [0.1, 0.15) is 16.1 Å². The Morgan fingerprint density at radius 3 is 2.38 bits per heavy atom. The van der Waals surface area contributed by atoms with Crippen LogP contribution in [0.3, 0.4) is 0 Å². The van der Waals surface area contributed by atoms with Crippen molar-refractivity contribution in [2.45, 2.75) is 6.54 Å². The maximum Gasteiger partial charge on any atom is 0.248 e. The van der Waals surface area contributed by atoms with Crippen LogP contribution in [0.4, 0.5) is 5.69 Å². The Morgan fingerprint density at radius 1 is 1.10 bits per heavy atom. The molecule has 1 aromatic carbocycles. The molecule has 2 aromatic rings. The third kappa shape index (κ3) is 3.25. The average molecular weight is 284 g/mol. The summed E-state index contributed by atoms with van der Waals surface area (Å²) in [7, 11) is 0. The van der Waals surface area contributed by atoms with Crippen molar-refractivity contribution >= 4 is 11.6 Å². The summed E-state index contributed by atoms with van der Waals surface area (Å²) in [6.45, 7) is 5.04. The summed E-state index contributed by atoms with van der Waals surface area (Å²) in [5, 5.41) is 0. The lowest BCUT2D eigenvalue weighted by Crippen LogP contribution is -2.46. The molecular weight excluding hydrogens is 264 g/mol. The number of rotatable bonds is 4. The first kappa shape index (κ1) is 13.7. The minimum Gasteiger partial charge on any atom is -0.369 e. The van der Waals surface area contributed by atoms with Crippen LogP contribution in [0.25, 0.3) is 0 Å². The fraction of sp³-hybridized carbons (Fsp3) is 0.312. The maximum absolute atomic E-state index is 11.1. The summed E-state index contributed by atoms with van der Waals surface area (Å²) in [5.41, 5.74) is 8.23. The number of aromatic nitrogens is 1. The number of nitrogens with two attached hydrogens (primary N) is 1. The molecule has 0 aliphatic carbocycles. The molecule has 0 spiro atoms. The highest BCUT2D eigenvalue weighted by Crippen LogP contribution is 2.18. The molecule has 0 saturated carbocycles. The van der Waals surface area contributed by atoms with Gasteiger partial charge in [-0.05, 0) is 36.4 Å². The summed E-state index contributed by atoms with van der Waals surface area (Å²) in [6, 6.07) is 11.7. The molecule has 3 rings (SSSR count). The lowest BCUT2D eigenvalue weighted by atomic mass is 10.1. The molecule has 0 radical (unpaired) electrons. The first-order valence-corrected chi connectivity index (χ1v) is 7.22. The Balaban J connectivity index is 1.56. The normalized spacial score (nSPS) is 16.1. The Bertz CT molecular complexity index is 583. The van der Waals surface area contributed by atoms with Gasteiger partial charge in [0.1, 0.15) is 0 Å². The molecule has 0 atom stereocenters. The zero-order valence-electron chi connectivity index (χ0n) is 12.0. The number of nitrogens with zero attached hydrogens (tertiary/aromatic N) is 2. The molecule has 1 fully saturated rings. The van der Waals surface area contributed by atoms with Crippen LogP contribution in [0, 0.1) is 0 Å². The van der Waals surface area contributed by atoms with Crippen molar-refractivity contribution in [3.05, 3.63) is 53.9 Å². The fourth-order valence-corrected chi connectivity index (χ4v) is 2.71. The van der Waals surface area contributed by atoms with Gasteiger partial charge in [0.2, 0.25) is 5.91 Å². The lowest BCUT2D eigenvalue weighted by Gasteiger charge is -2.36. The quantitative estimate of drug-likeness (QED) is 0.893. The number of amides is 1. The SMILES string of the molecule is NC(=O)c1ccc(N2CCN(Cc3ccc[nH]3)CC2)cc1. The number of benzene rings is 1. The summed E-state index contributed by atoms with van der Waals surface area (Å²) in [5.74, 6) is -0.377. The van der Waals surface area contributed by atoms with Crippen LogP contribution in [-0.4, -0.2) is 42.0 Å². The summed E-state index contributed by atoms with van der Waals surface area (Å²) in [4.78, 5) is 19.1. The van der Waals surface area contributed by atoms with E-state index in [0.29, 0.717) is 5.56 Å². The first-order valence-electron chi connectivity index (χ1n) is 7.22. The van der Waals surface area contributed by atoms with Gasteiger partial charge in [-0.15, -0.1) is 0 Å². The predicted molar refractivity (Wildman–Crippen MR) is 83.2 cm³/mol. The van der Waals surface area contributed by atoms with E-state index in [0.717, 1.165) is 38.4 Å². The van der Waals surface area contributed by atoms with Gasteiger partial charge < -0.3 is 15.6 Å². The van der Waals surface area contributed by atoms with Crippen LogP contribution in [0.15, 0.2) is 42.6 Å². The highest BCUT2D eigenvalue weighted by atomic mass is 16.1. The van der Waals surface area contributed by atoms with Crippen LogP contribution in [0.5, 0.6) is 0 Å². The molecule has 0 unspecified atom stereocenters. The van der Waals surface area contributed by atoms with Crippen LogP contribution in [-0.2, 0) is 6.54 Å². The van der Waals surface area contributed by atoms with E-state index in [1.165, 1.54) is 5.69 Å². The number of primary amides is 1. The molecule has 1 aliphatic rings. The van der Waals surface area contributed by atoms with Crippen molar-refractivity contribution < 1.29 is 4.79 Å². The molecule has 3 N–H and O–H groups in total. The van der Waals surface area contributed by atoms with E-state index in [2.05, 4.69) is 20.9 Å². The zero-order chi connectivity index (χ0) is 14.7. The van der Waals surface area contributed by atoms with Gasteiger partial charge in [-0.1, -0.05) is 0 Å². The lowest BCUT2D eigenvalue weighted by molar-refractivity contribution is 0.100. The Labute approximate surface area is 124 Å². The van der Waals surface area contributed by atoms with Crippen LogP contribution >= 0.6 is 0 Å². The van der Waals surface area contributed by atoms with E-state index in [9.17, 15) is 4.79 Å². The molecule has 110 valence electrons. The van der Waals surface area contributed by atoms with Gasteiger partial charge in [0, 0.05) is 55.9 Å². The van der Waals surface area contributed by atoms with E-state index in [4.69, 9.17) is 5.73 Å². The van der Waals surface area contributed by atoms with E-state index in [1.54, 1.807) is 12.1 Å². The molecule has 21 heavy (non-hydrogen) atoms. The molecule has 1 aromatic heterocycles. The third-order valence-electron chi connectivity index (χ3n) is 3.95. The second-order valence-electron chi connectivity index (χ2n) is 5.37. The van der Waals surface area contributed by atoms with Gasteiger partial charge in [0.05, 0.1) is 0 Å². The number of hydrogen-bond acceptors (Lipinski definition) is 3. The molecule has 2 heterocycles. The highest BCUT2D eigenvalue weighted by Gasteiger charge is 2.17. The standard InChI is InChI=1S/C16H20N4O/c17-16(21)13-3-5-15(6-4-13)20-10-8-19(9-11-20)12-14-2-1-7-18-14/h1-7,18H,8-12H2,(H2,17,21). The zero-order valence-corrected chi connectivity index (χ0v) is 12.0. The van der Waals surface area contributed by atoms with E-state index in [1.807, 2.05) is 24.4 Å². The Morgan fingerprint density at radius 2 is 1.81 bits per heavy atom. The fourth-order valence-electron chi connectivity index (χ4n) is 2.71. The van der Waals surface area contributed by atoms with Gasteiger partial charge in [-0.2, -0.15) is 0 Å². The second kappa shape index (κ2) is 6.01. The number of H-pyrrole nitrogens is 1. The highest BCUT2D eigenvalue weighted by molar-refractivity contribution is 5.93. The van der Waals surface area contributed by atoms with E-state index < -0.39 is 0 Å². The molecular formula is C16H20N4O. The van der Waals surface area contributed by atoms with E-state index >= 15 is 0 Å². The van der Waals surface area contributed by atoms with Gasteiger partial charge >= 0.3 is 0 Å². The molecule has 1 amide bonds. The predicted octanol–water partition coefficient (Wildman–Crippen LogP) is 1.44. The molecule has 1 saturated heterocycles. The van der Waals surface area contributed by atoms with Crippen LogP contribution in [0.2, 0.25) is 0 Å². The molecule has 0 bridgehead atoms. The summed E-state index contributed by atoms with van der Waals surface area (Å²) in [6.07, 6.45) is 1.96. The average Bonchev–Trinajstić information content (AvgIpc) is 3.01. The van der Waals surface area contributed by atoms with Gasteiger partial charge in [-0.3, -0.25) is 9.69 Å². The molecule has 5 nitrogen and oxygen atoms in total. The number of anilines is 1. The number of hydrogen-bond donors (Lipinski definition) is 2. The minimum absolute atomic E-state index is 0.377. The van der Waals surface area contributed by atoms with E-state index in [-0.39, 0.29) is 5.91 Å². The first-order chi connectivity index (χ1) is 10.2. The number of carbonyl (C=O) groups excluding carboxylic acids is 1. The summed E-state index contributed by atoms with van der Waals surface area (Å²) >= 11 is 0. The number of nitrogens with one attached hydrogen (secondary N) is 1. The molecule has 5 heteroatoms. The Hall–Kier alpha value is -2.27. The van der Waals surface area contributed by atoms with Crippen molar-refractivity contribution in [1.82, 2.24) is 9.88 Å². The van der Waals surface area contributed by atoms with Crippen LogP contribution < -0.4 is 10.6 Å². The van der Waals surface area contributed by atoms with Crippen molar-refractivity contribution in [1.29, 1.82) is 0 Å². The monoisotopic (exact) mass is 284 g/mol. The number of piperazine rings is 1. The smallest absolute Gasteiger partial charge is 0.248 e. The number of carbonyl (C=O) groups is 1. The maximum atomic E-state index is 11.1. The second-order valence-corrected chi connectivity index (χ2v) is 5.37. The van der Waals surface area contributed by atoms with Crippen molar-refractivity contribution in [3.8, 4) is 0 Å². The minimum atomic E-state index is -0.377. The van der Waals surface area contributed by atoms with Crippen molar-refractivity contribution in [2.24, 2.45) is 5.73 Å². The largest absolute Gasteiger partial charge is 0.369 e. The number of aromatic amines is 1. The van der Waals surface area contributed by atoms with Crippen molar-refractivity contribution in [2.75, 3.05) is 31.1 Å². The summed E-state index contributed by atoms with van der Waals surface area (Å²) < 4.78 is 0. The Kier molecular flexibility index (Phi) is 3.92. The third-order valence-corrected chi connectivity index (χ3v) is 3.95. The van der Waals surface area contributed by atoms with Gasteiger partial charge in [-0.25, -0.2) is 0 Å². The molecule has 1 aliphatic heterocycles. The van der Waals surface area contributed by atoms with Crippen molar-refractivity contribution in [3.63, 3.8) is 0 Å². The topological polar surface area (TPSA) is 65.4 Å². The van der Waals surface area contributed by atoms with Gasteiger partial charge in [0.25, 0.3) is 0 Å².